The summed E-state index contributed by atoms with van der Waals surface area (Å²) in [5, 5.41) is 0.169. The van der Waals surface area contributed by atoms with Gasteiger partial charge in [-0.3, -0.25) is 4.79 Å². The van der Waals surface area contributed by atoms with Crippen molar-refractivity contribution < 1.29 is 9.53 Å². The molecule has 1 rings (SSSR count). The average molecular weight is 201 g/mol. The van der Waals surface area contributed by atoms with Crippen LogP contribution < -0.4 is 4.74 Å². The van der Waals surface area contributed by atoms with Gasteiger partial charge in [-0.15, -0.1) is 0 Å². The van der Waals surface area contributed by atoms with Crippen LogP contribution in [0.2, 0.25) is 5.15 Å². The molecule has 0 aliphatic rings. The van der Waals surface area contributed by atoms with Crippen molar-refractivity contribution in [2.45, 2.75) is 20.3 Å². The Morgan fingerprint density at radius 1 is 1.69 bits per heavy atom. The lowest BCUT2D eigenvalue weighted by molar-refractivity contribution is -0.131. The van der Waals surface area contributed by atoms with Gasteiger partial charge < -0.3 is 4.74 Å². The van der Waals surface area contributed by atoms with E-state index in [0.29, 0.717) is 12.2 Å². The van der Waals surface area contributed by atoms with Gasteiger partial charge in [-0.05, 0) is 0 Å². The van der Waals surface area contributed by atoms with Crippen LogP contribution in [0.3, 0.4) is 0 Å². The normalized spacial score (nSPS) is 9.77. The van der Waals surface area contributed by atoms with Crippen LogP contribution in [0.25, 0.3) is 0 Å². The van der Waals surface area contributed by atoms with Gasteiger partial charge in [0.1, 0.15) is 5.82 Å². The van der Waals surface area contributed by atoms with E-state index in [0.717, 1.165) is 0 Å². The molecule has 0 aromatic carbocycles. The smallest absolute Gasteiger partial charge is 0.308 e. The van der Waals surface area contributed by atoms with E-state index >= 15 is 0 Å². The third-order valence-electron chi connectivity index (χ3n) is 1.33. The summed E-state index contributed by atoms with van der Waals surface area (Å²) < 4.78 is 4.75. The number of rotatable bonds is 2. The summed E-state index contributed by atoms with van der Waals surface area (Å²) in [6, 6.07) is 0. The molecule has 0 saturated heterocycles. The number of hydrogen-bond donors (Lipinski definition) is 0. The highest BCUT2D eigenvalue weighted by molar-refractivity contribution is 6.30. The van der Waals surface area contributed by atoms with Crippen LogP contribution in [-0.2, 0) is 11.2 Å². The Balaban J connectivity index is 2.91. The van der Waals surface area contributed by atoms with Crippen molar-refractivity contribution in [3.63, 3.8) is 0 Å². The predicted molar refractivity (Wildman–Crippen MR) is 47.7 cm³/mol. The van der Waals surface area contributed by atoms with E-state index in [-0.39, 0.29) is 10.9 Å². The van der Waals surface area contributed by atoms with E-state index < -0.39 is 5.97 Å². The third kappa shape index (κ3) is 2.66. The van der Waals surface area contributed by atoms with E-state index in [1.165, 1.54) is 13.1 Å². The number of carbonyl (C=O) groups is 1. The molecule has 0 amide bonds. The standard InChI is InChI=1S/C8H9ClN2O2/c1-3-7-10-4-6(8(9)11-7)13-5(2)12/h4H,3H2,1-2H3. The molecule has 0 radical (unpaired) electrons. The monoisotopic (exact) mass is 200 g/mol. The summed E-state index contributed by atoms with van der Waals surface area (Å²) in [5.41, 5.74) is 0. The minimum atomic E-state index is -0.435. The molecule has 0 unspecified atom stereocenters. The first kappa shape index (κ1) is 9.92. The molecule has 13 heavy (non-hydrogen) atoms. The summed E-state index contributed by atoms with van der Waals surface area (Å²) >= 11 is 5.72. The Labute approximate surface area is 80.9 Å². The highest BCUT2D eigenvalue weighted by Crippen LogP contribution is 2.20. The molecule has 0 aliphatic heterocycles. The van der Waals surface area contributed by atoms with Crippen molar-refractivity contribution in [2.75, 3.05) is 0 Å². The maximum atomic E-state index is 10.6. The summed E-state index contributed by atoms with van der Waals surface area (Å²) in [5.74, 6) is 0.391. The molecule has 70 valence electrons. The summed E-state index contributed by atoms with van der Waals surface area (Å²) in [4.78, 5) is 18.4. The number of hydrogen-bond acceptors (Lipinski definition) is 4. The second-order valence-corrected chi connectivity index (χ2v) is 2.75. The maximum Gasteiger partial charge on any atom is 0.308 e. The zero-order valence-corrected chi connectivity index (χ0v) is 8.13. The van der Waals surface area contributed by atoms with Crippen molar-refractivity contribution in [3.05, 3.63) is 17.2 Å². The second-order valence-electron chi connectivity index (χ2n) is 2.39. The van der Waals surface area contributed by atoms with E-state index in [4.69, 9.17) is 16.3 Å². The van der Waals surface area contributed by atoms with Gasteiger partial charge >= 0.3 is 5.97 Å². The highest BCUT2D eigenvalue weighted by Gasteiger charge is 2.06. The number of carbonyl (C=O) groups excluding carboxylic acids is 1. The van der Waals surface area contributed by atoms with Gasteiger partial charge in [0.05, 0.1) is 6.20 Å². The molecular weight excluding hydrogens is 192 g/mol. The number of halogens is 1. The van der Waals surface area contributed by atoms with E-state index in [1.807, 2.05) is 6.92 Å². The first-order valence-corrected chi connectivity index (χ1v) is 4.21. The Bertz CT molecular complexity index is 328. The lowest BCUT2D eigenvalue weighted by atomic mass is 10.4. The molecule has 0 atom stereocenters. The van der Waals surface area contributed by atoms with Gasteiger partial charge in [0, 0.05) is 13.3 Å². The second kappa shape index (κ2) is 4.18. The lowest BCUT2D eigenvalue weighted by Crippen LogP contribution is -2.04. The first-order valence-electron chi connectivity index (χ1n) is 3.83. The molecule has 4 nitrogen and oxygen atoms in total. The van der Waals surface area contributed by atoms with Crippen LogP contribution in [0.15, 0.2) is 6.20 Å². The molecule has 1 aromatic rings. The first-order chi connectivity index (χ1) is 6.13. The van der Waals surface area contributed by atoms with Gasteiger partial charge in [0.15, 0.2) is 10.9 Å². The van der Waals surface area contributed by atoms with Crippen LogP contribution in [0, 0.1) is 0 Å². The molecule has 0 aliphatic carbocycles. The molecule has 0 saturated carbocycles. The number of esters is 1. The Hall–Kier alpha value is -1.16. The lowest BCUT2D eigenvalue weighted by Gasteiger charge is -2.02. The molecular formula is C8H9ClN2O2. The molecule has 0 fully saturated rings. The summed E-state index contributed by atoms with van der Waals surface area (Å²) in [7, 11) is 0. The van der Waals surface area contributed by atoms with Gasteiger partial charge in [-0.1, -0.05) is 18.5 Å². The number of ether oxygens (including phenoxy) is 1. The predicted octanol–water partition coefficient (Wildman–Crippen LogP) is 1.62. The minimum Gasteiger partial charge on any atom is -0.422 e. The summed E-state index contributed by atoms with van der Waals surface area (Å²) in [6.45, 7) is 3.21. The fourth-order valence-corrected chi connectivity index (χ4v) is 0.962. The minimum absolute atomic E-state index is 0.169. The highest BCUT2D eigenvalue weighted by atomic mass is 35.5. The molecule has 1 heterocycles. The van der Waals surface area contributed by atoms with E-state index in [1.54, 1.807) is 0 Å². The fraction of sp³-hybridized carbons (Fsp3) is 0.375. The quantitative estimate of drug-likeness (QED) is 0.538. The molecule has 0 bridgehead atoms. The molecule has 0 N–H and O–H groups in total. The third-order valence-corrected chi connectivity index (χ3v) is 1.60. The Morgan fingerprint density at radius 2 is 2.38 bits per heavy atom. The SMILES string of the molecule is CCc1ncc(OC(C)=O)c(Cl)n1. The van der Waals surface area contributed by atoms with Crippen molar-refractivity contribution in [1.29, 1.82) is 0 Å². The molecule has 5 heteroatoms. The van der Waals surface area contributed by atoms with Crippen molar-refractivity contribution in [2.24, 2.45) is 0 Å². The average Bonchev–Trinajstić information content (AvgIpc) is 2.08. The van der Waals surface area contributed by atoms with Crippen molar-refractivity contribution >= 4 is 17.6 Å². The van der Waals surface area contributed by atoms with Gasteiger partial charge in [0.25, 0.3) is 0 Å². The number of aryl methyl sites for hydroxylation is 1. The fourth-order valence-electron chi connectivity index (χ4n) is 0.777. The number of aromatic nitrogens is 2. The van der Waals surface area contributed by atoms with Crippen molar-refractivity contribution in [3.8, 4) is 5.75 Å². The topological polar surface area (TPSA) is 52.1 Å². The Morgan fingerprint density at radius 3 is 2.85 bits per heavy atom. The maximum absolute atomic E-state index is 10.6. The zero-order valence-electron chi connectivity index (χ0n) is 7.37. The van der Waals surface area contributed by atoms with E-state index in [2.05, 4.69) is 9.97 Å². The van der Waals surface area contributed by atoms with Gasteiger partial charge in [-0.25, -0.2) is 9.97 Å². The van der Waals surface area contributed by atoms with Gasteiger partial charge in [-0.2, -0.15) is 0 Å². The molecule has 0 spiro atoms. The zero-order chi connectivity index (χ0) is 9.84. The largest absolute Gasteiger partial charge is 0.422 e. The van der Waals surface area contributed by atoms with Crippen LogP contribution in [0.1, 0.15) is 19.7 Å². The van der Waals surface area contributed by atoms with Crippen LogP contribution >= 0.6 is 11.6 Å². The van der Waals surface area contributed by atoms with Crippen LogP contribution in [0.5, 0.6) is 5.75 Å². The number of nitrogens with zero attached hydrogens (tertiary/aromatic N) is 2. The Kier molecular flexibility index (Phi) is 3.19. The van der Waals surface area contributed by atoms with Crippen LogP contribution in [0.4, 0.5) is 0 Å². The van der Waals surface area contributed by atoms with Crippen LogP contribution in [-0.4, -0.2) is 15.9 Å². The van der Waals surface area contributed by atoms with E-state index in [9.17, 15) is 4.79 Å². The molecule has 1 aromatic heterocycles. The summed E-state index contributed by atoms with van der Waals surface area (Å²) in [6.07, 6.45) is 2.09. The van der Waals surface area contributed by atoms with Gasteiger partial charge in [0.2, 0.25) is 0 Å². The van der Waals surface area contributed by atoms with Crippen molar-refractivity contribution in [1.82, 2.24) is 9.97 Å².